The zero-order valence-electron chi connectivity index (χ0n) is 9.80. The molecule has 6 heteroatoms. The third-order valence-electron chi connectivity index (χ3n) is 2.03. The smallest absolute Gasteiger partial charge is 0.255 e. The van der Waals surface area contributed by atoms with Crippen LogP contribution in [0.1, 0.15) is 30.6 Å². The summed E-state index contributed by atoms with van der Waals surface area (Å²) >= 11 is 11.9. The Balaban J connectivity index is 2.99. The normalized spacial score (nSPS) is 10.8. The molecule has 0 bridgehead atoms. The van der Waals surface area contributed by atoms with E-state index >= 15 is 0 Å². The maximum absolute atomic E-state index is 13.3. The molecule has 0 aliphatic heterocycles. The first-order chi connectivity index (χ1) is 8.31. The molecule has 0 heterocycles. The third kappa shape index (κ3) is 4.26. The van der Waals surface area contributed by atoms with Crippen molar-refractivity contribution in [2.45, 2.75) is 25.2 Å². The minimum atomic E-state index is -0.915. The van der Waals surface area contributed by atoms with Crippen molar-refractivity contribution < 1.29 is 14.0 Å². The summed E-state index contributed by atoms with van der Waals surface area (Å²) < 4.78 is 13.3. The Morgan fingerprint density at radius 3 is 2.50 bits per heavy atom. The summed E-state index contributed by atoms with van der Waals surface area (Å²) in [5, 5.41) is -0.912. The summed E-state index contributed by atoms with van der Waals surface area (Å²) in [6.07, 6.45) is 0.378. The molecule has 0 atom stereocenters. The summed E-state index contributed by atoms with van der Waals surface area (Å²) in [4.78, 5) is 23.0. The number of rotatable bonds is 4. The van der Waals surface area contributed by atoms with Crippen molar-refractivity contribution in [3.8, 4) is 0 Å². The van der Waals surface area contributed by atoms with Crippen LogP contribution < -0.4 is 0 Å². The van der Waals surface area contributed by atoms with Crippen molar-refractivity contribution in [3.63, 3.8) is 0 Å². The summed E-state index contributed by atoms with van der Waals surface area (Å²) in [6.45, 7) is 3.83. The number of halogens is 3. The second-order valence-electron chi connectivity index (χ2n) is 4.11. The zero-order chi connectivity index (χ0) is 13.9. The van der Waals surface area contributed by atoms with Crippen molar-refractivity contribution in [1.82, 2.24) is 0 Å². The van der Waals surface area contributed by atoms with Crippen LogP contribution in [0.4, 0.5) is 4.39 Å². The molecule has 0 radical (unpaired) electrons. The summed E-state index contributed by atoms with van der Waals surface area (Å²) in [7, 11) is 0. The number of carbonyl (C=O) groups excluding carboxylic acids is 2. The van der Waals surface area contributed by atoms with Crippen LogP contribution in [0, 0.1) is 11.7 Å². The minimum absolute atomic E-state index is 0.0912. The number of hydrogen-bond acceptors (Lipinski definition) is 3. The van der Waals surface area contributed by atoms with E-state index in [0.29, 0.717) is 11.3 Å². The van der Waals surface area contributed by atoms with Gasteiger partial charge in [-0.05, 0) is 29.7 Å². The molecular formula is C12H11Cl2FO2S. The second-order valence-corrected chi connectivity index (χ2v) is 5.96. The van der Waals surface area contributed by atoms with Crippen LogP contribution >= 0.6 is 35.0 Å². The molecule has 0 saturated carbocycles. The number of thioether (sulfide) groups is 1. The van der Waals surface area contributed by atoms with Gasteiger partial charge in [0.1, 0.15) is 5.82 Å². The standard InChI is InChI=1S/C12H11Cl2FO2S/c1-6(2)3-11(16)18-10-4-7(12(14)17)9(15)5-8(10)13/h4-6H,3H2,1-2H3. The third-order valence-corrected chi connectivity index (χ3v) is 3.61. The Bertz CT molecular complexity index is 489. The molecule has 0 spiro atoms. The van der Waals surface area contributed by atoms with Gasteiger partial charge in [0.15, 0.2) is 5.12 Å². The molecule has 18 heavy (non-hydrogen) atoms. The maximum atomic E-state index is 13.3. The fraction of sp³-hybridized carbons (Fsp3) is 0.333. The molecule has 0 fully saturated rings. The minimum Gasteiger partial charge on any atom is -0.287 e. The number of hydrogen-bond donors (Lipinski definition) is 0. The molecule has 0 saturated heterocycles. The lowest BCUT2D eigenvalue weighted by atomic mass is 10.2. The lowest BCUT2D eigenvalue weighted by Gasteiger charge is -2.07. The molecule has 1 rings (SSSR count). The van der Waals surface area contributed by atoms with Crippen LogP contribution in [0.5, 0.6) is 0 Å². The lowest BCUT2D eigenvalue weighted by Crippen LogP contribution is -2.00. The van der Waals surface area contributed by atoms with E-state index in [2.05, 4.69) is 0 Å². The summed E-state index contributed by atoms with van der Waals surface area (Å²) in [5.74, 6) is -0.570. The van der Waals surface area contributed by atoms with Gasteiger partial charge in [-0.2, -0.15) is 0 Å². The number of carbonyl (C=O) groups is 2. The molecule has 0 unspecified atom stereocenters. The van der Waals surface area contributed by atoms with Crippen molar-refractivity contribution in [3.05, 3.63) is 28.5 Å². The van der Waals surface area contributed by atoms with Crippen molar-refractivity contribution in [2.75, 3.05) is 0 Å². The Labute approximate surface area is 119 Å². The van der Waals surface area contributed by atoms with E-state index in [1.807, 2.05) is 13.8 Å². The molecule has 0 aliphatic carbocycles. The van der Waals surface area contributed by atoms with Gasteiger partial charge < -0.3 is 0 Å². The first-order valence-electron chi connectivity index (χ1n) is 5.20. The molecule has 2 nitrogen and oxygen atoms in total. The van der Waals surface area contributed by atoms with E-state index in [1.54, 1.807) is 0 Å². The zero-order valence-corrected chi connectivity index (χ0v) is 12.1. The maximum Gasteiger partial charge on any atom is 0.255 e. The van der Waals surface area contributed by atoms with Gasteiger partial charge >= 0.3 is 0 Å². The average molecular weight is 309 g/mol. The van der Waals surface area contributed by atoms with Gasteiger partial charge in [-0.3, -0.25) is 9.59 Å². The highest BCUT2D eigenvalue weighted by atomic mass is 35.5. The van der Waals surface area contributed by atoms with Crippen LogP contribution in [-0.2, 0) is 4.79 Å². The predicted molar refractivity (Wildman–Crippen MR) is 71.9 cm³/mol. The molecular weight excluding hydrogens is 298 g/mol. The highest BCUT2D eigenvalue weighted by Crippen LogP contribution is 2.32. The quantitative estimate of drug-likeness (QED) is 0.605. The molecule has 0 aromatic heterocycles. The van der Waals surface area contributed by atoms with E-state index in [0.717, 1.165) is 17.8 Å². The number of benzene rings is 1. The van der Waals surface area contributed by atoms with Gasteiger partial charge in [0.05, 0.1) is 10.6 Å². The summed E-state index contributed by atoms with van der Waals surface area (Å²) in [5.41, 5.74) is -0.277. The molecule has 98 valence electrons. The van der Waals surface area contributed by atoms with E-state index in [-0.39, 0.29) is 21.6 Å². The van der Waals surface area contributed by atoms with Crippen molar-refractivity contribution >= 4 is 45.3 Å². The molecule has 0 aliphatic rings. The SMILES string of the molecule is CC(C)CC(=O)Sc1cc(C(=O)Cl)c(F)cc1Cl. The van der Waals surface area contributed by atoms with Crippen molar-refractivity contribution in [1.29, 1.82) is 0 Å². The Morgan fingerprint density at radius 2 is 2.00 bits per heavy atom. The molecule has 0 N–H and O–H groups in total. The molecule has 1 aromatic carbocycles. The highest BCUT2D eigenvalue weighted by Gasteiger charge is 2.16. The molecule has 1 aromatic rings. The highest BCUT2D eigenvalue weighted by molar-refractivity contribution is 8.13. The predicted octanol–water partition coefficient (Wildman–Crippen LogP) is 4.52. The largest absolute Gasteiger partial charge is 0.287 e. The average Bonchev–Trinajstić information content (AvgIpc) is 2.20. The first-order valence-corrected chi connectivity index (χ1v) is 6.78. The van der Waals surface area contributed by atoms with Gasteiger partial charge in [0, 0.05) is 11.3 Å². The van der Waals surface area contributed by atoms with Gasteiger partial charge in [-0.1, -0.05) is 37.2 Å². The van der Waals surface area contributed by atoms with E-state index < -0.39 is 11.1 Å². The van der Waals surface area contributed by atoms with Gasteiger partial charge in [0.2, 0.25) is 0 Å². The monoisotopic (exact) mass is 308 g/mol. The van der Waals surface area contributed by atoms with Gasteiger partial charge in [-0.25, -0.2) is 4.39 Å². The van der Waals surface area contributed by atoms with E-state index in [9.17, 15) is 14.0 Å². The molecule has 0 amide bonds. The van der Waals surface area contributed by atoms with Crippen LogP contribution in [0.2, 0.25) is 5.02 Å². The Hall–Kier alpha value is -0.580. The van der Waals surface area contributed by atoms with Gasteiger partial charge in [-0.15, -0.1) is 0 Å². The van der Waals surface area contributed by atoms with Crippen LogP contribution in [0.25, 0.3) is 0 Å². The summed E-state index contributed by atoms with van der Waals surface area (Å²) in [6, 6.07) is 2.19. The second kappa shape index (κ2) is 6.55. The van der Waals surface area contributed by atoms with Gasteiger partial charge in [0.25, 0.3) is 5.24 Å². The van der Waals surface area contributed by atoms with E-state index in [1.165, 1.54) is 6.07 Å². The first kappa shape index (κ1) is 15.5. The van der Waals surface area contributed by atoms with Crippen LogP contribution in [0.3, 0.4) is 0 Å². The lowest BCUT2D eigenvalue weighted by molar-refractivity contribution is -0.111. The van der Waals surface area contributed by atoms with E-state index in [4.69, 9.17) is 23.2 Å². The van der Waals surface area contributed by atoms with Crippen molar-refractivity contribution in [2.24, 2.45) is 5.92 Å². The Morgan fingerprint density at radius 1 is 1.39 bits per heavy atom. The Kier molecular flexibility index (Phi) is 5.63. The van der Waals surface area contributed by atoms with Crippen LogP contribution in [-0.4, -0.2) is 10.4 Å². The van der Waals surface area contributed by atoms with Crippen LogP contribution in [0.15, 0.2) is 17.0 Å². The topological polar surface area (TPSA) is 34.1 Å². The fourth-order valence-electron chi connectivity index (χ4n) is 1.26. The fourth-order valence-corrected chi connectivity index (χ4v) is 2.66.